The van der Waals surface area contributed by atoms with Crippen molar-refractivity contribution in [3.8, 4) is 0 Å². The summed E-state index contributed by atoms with van der Waals surface area (Å²) in [7, 11) is 0. The fourth-order valence-corrected chi connectivity index (χ4v) is 2.81. The van der Waals surface area contributed by atoms with Crippen LogP contribution in [0.25, 0.3) is 10.2 Å². The molecule has 0 fully saturated rings. The van der Waals surface area contributed by atoms with Gasteiger partial charge in [-0.25, -0.2) is 9.97 Å². The molecule has 0 saturated heterocycles. The lowest BCUT2D eigenvalue weighted by atomic mass is 10.2. The first-order chi connectivity index (χ1) is 7.49. The second-order valence-corrected chi connectivity index (χ2v) is 5.59. The molecular weight excluding hydrogens is 218 g/mol. The Hall–Kier alpha value is -1.16. The fourth-order valence-electron chi connectivity index (χ4n) is 1.73. The summed E-state index contributed by atoms with van der Waals surface area (Å²) < 4.78 is 0. The van der Waals surface area contributed by atoms with E-state index in [1.165, 1.54) is 15.8 Å². The molecule has 0 amide bonds. The third-order valence-corrected chi connectivity index (χ3v) is 3.67. The van der Waals surface area contributed by atoms with Crippen LogP contribution in [-0.2, 0) is 0 Å². The monoisotopic (exact) mass is 235 g/mol. The molecule has 0 unspecified atom stereocenters. The molecule has 16 heavy (non-hydrogen) atoms. The highest BCUT2D eigenvalue weighted by Gasteiger charge is 2.13. The van der Waals surface area contributed by atoms with E-state index in [2.05, 4.69) is 43.0 Å². The number of hydrogen-bond acceptors (Lipinski definition) is 4. The Kier molecular flexibility index (Phi) is 2.84. The van der Waals surface area contributed by atoms with Gasteiger partial charge in [0, 0.05) is 10.9 Å². The van der Waals surface area contributed by atoms with Crippen LogP contribution in [-0.4, -0.2) is 16.0 Å². The molecule has 0 bridgehead atoms. The number of anilines is 1. The summed E-state index contributed by atoms with van der Waals surface area (Å²) in [4.78, 5) is 11.4. The smallest absolute Gasteiger partial charge is 0.138 e. The average molecular weight is 235 g/mol. The van der Waals surface area contributed by atoms with Crippen molar-refractivity contribution in [2.75, 3.05) is 5.32 Å². The number of rotatable bonds is 2. The van der Waals surface area contributed by atoms with Gasteiger partial charge in [0.15, 0.2) is 0 Å². The van der Waals surface area contributed by atoms with E-state index in [-0.39, 0.29) is 0 Å². The van der Waals surface area contributed by atoms with Crippen LogP contribution in [0.15, 0.2) is 0 Å². The van der Waals surface area contributed by atoms with Gasteiger partial charge in [0.2, 0.25) is 0 Å². The van der Waals surface area contributed by atoms with Crippen LogP contribution in [0.3, 0.4) is 0 Å². The topological polar surface area (TPSA) is 37.8 Å². The molecule has 0 aromatic carbocycles. The van der Waals surface area contributed by atoms with Crippen molar-refractivity contribution in [2.24, 2.45) is 0 Å². The molecule has 0 saturated carbocycles. The molecule has 4 heteroatoms. The van der Waals surface area contributed by atoms with E-state index in [1.54, 1.807) is 11.3 Å². The molecule has 0 atom stereocenters. The minimum atomic E-state index is 0.386. The number of thiophene rings is 1. The Morgan fingerprint density at radius 3 is 2.44 bits per heavy atom. The van der Waals surface area contributed by atoms with Gasteiger partial charge in [-0.15, -0.1) is 11.3 Å². The molecule has 86 valence electrons. The SMILES string of the molecule is Cc1nc(NC(C)C)c2c(C)c(C)sc2n1. The van der Waals surface area contributed by atoms with E-state index >= 15 is 0 Å². The predicted molar refractivity (Wildman–Crippen MR) is 70.4 cm³/mol. The molecule has 2 aromatic rings. The summed E-state index contributed by atoms with van der Waals surface area (Å²) in [6.45, 7) is 10.5. The van der Waals surface area contributed by atoms with E-state index in [1.807, 2.05) is 6.92 Å². The Labute approximate surface area is 99.9 Å². The molecule has 3 nitrogen and oxygen atoms in total. The highest BCUT2D eigenvalue weighted by molar-refractivity contribution is 7.18. The number of aryl methyl sites for hydroxylation is 3. The van der Waals surface area contributed by atoms with Gasteiger partial charge >= 0.3 is 0 Å². The van der Waals surface area contributed by atoms with E-state index in [4.69, 9.17) is 0 Å². The van der Waals surface area contributed by atoms with Gasteiger partial charge in [0.25, 0.3) is 0 Å². The van der Waals surface area contributed by atoms with Crippen molar-refractivity contribution < 1.29 is 0 Å². The van der Waals surface area contributed by atoms with Crippen molar-refractivity contribution in [1.82, 2.24) is 9.97 Å². The van der Waals surface area contributed by atoms with E-state index in [9.17, 15) is 0 Å². The number of nitrogens with zero attached hydrogens (tertiary/aromatic N) is 2. The first-order valence-corrected chi connectivity index (χ1v) is 6.31. The number of nitrogens with one attached hydrogen (secondary N) is 1. The first kappa shape index (κ1) is 11.3. The third kappa shape index (κ3) is 1.89. The van der Waals surface area contributed by atoms with Crippen molar-refractivity contribution in [3.63, 3.8) is 0 Å². The summed E-state index contributed by atoms with van der Waals surface area (Å²) in [5.74, 6) is 1.80. The summed E-state index contributed by atoms with van der Waals surface area (Å²) in [6, 6.07) is 0.386. The average Bonchev–Trinajstić information content (AvgIpc) is 2.40. The maximum absolute atomic E-state index is 4.50. The van der Waals surface area contributed by atoms with Crippen LogP contribution < -0.4 is 5.32 Å². The van der Waals surface area contributed by atoms with Crippen LogP contribution in [0.1, 0.15) is 30.1 Å². The van der Waals surface area contributed by atoms with Crippen molar-refractivity contribution >= 4 is 27.4 Å². The Morgan fingerprint density at radius 2 is 1.81 bits per heavy atom. The lowest BCUT2D eigenvalue weighted by molar-refractivity contribution is 0.886. The first-order valence-electron chi connectivity index (χ1n) is 5.50. The third-order valence-electron chi connectivity index (χ3n) is 2.57. The largest absolute Gasteiger partial charge is 0.367 e. The quantitative estimate of drug-likeness (QED) is 0.866. The molecular formula is C12H17N3S. The Balaban J connectivity index is 2.69. The highest BCUT2D eigenvalue weighted by atomic mass is 32.1. The maximum atomic E-state index is 4.50. The fraction of sp³-hybridized carbons (Fsp3) is 0.500. The number of aromatic nitrogens is 2. The van der Waals surface area contributed by atoms with Gasteiger partial charge in [-0.05, 0) is 40.2 Å². The molecule has 0 aliphatic rings. The lowest BCUT2D eigenvalue weighted by Gasteiger charge is -2.11. The Bertz CT molecular complexity index is 529. The standard InChI is InChI=1S/C12H17N3S/c1-6(2)13-11-10-7(3)8(4)16-12(10)15-9(5)14-11/h6H,1-5H3,(H,13,14,15). The van der Waals surface area contributed by atoms with Gasteiger partial charge in [-0.3, -0.25) is 0 Å². The molecule has 1 N–H and O–H groups in total. The van der Waals surface area contributed by atoms with Crippen molar-refractivity contribution in [2.45, 2.75) is 40.7 Å². The molecule has 0 aliphatic heterocycles. The molecule has 2 heterocycles. The molecule has 2 aromatic heterocycles. The zero-order valence-corrected chi connectivity index (χ0v) is 11.2. The minimum absolute atomic E-state index is 0.386. The van der Waals surface area contributed by atoms with E-state index in [0.29, 0.717) is 6.04 Å². The molecule has 0 aliphatic carbocycles. The summed E-state index contributed by atoms with van der Waals surface area (Å²) in [6.07, 6.45) is 0. The lowest BCUT2D eigenvalue weighted by Crippen LogP contribution is -2.12. The van der Waals surface area contributed by atoms with Crippen LogP contribution >= 0.6 is 11.3 Å². The summed E-state index contributed by atoms with van der Waals surface area (Å²) in [5, 5.41) is 4.58. The van der Waals surface area contributed by atoms with Gasteiger partial charge in [0.05, 0.1) is 5.39 Å². The second-order valence-electron chi connectivity index (χ2n) is 4.38. The van der Waals surface area contributed by atoms with Crippen LogP contribution in [0.4, 0.5) is 5.82 Å². The number of fused-ring (bicyclic) bond motifs is 1. The number of hydrogen-bond donors (Lipinski definition) is 1. The summed E-state index contributed by atoms with van der Waals surface area (Å²) >= 11 is 1.74. The molecule has 2 rings (SSSR count). The highest BCUT2D eigenvalue weighted by Crippen LogP contribution is 2.33. The summed E-state index contributed by atoms with van der Waals surface area (Å²) in [5.41, 5.74) is 1.29. The van der Waals surface area contributed by atoms with Gasteiger partial charge in [-0.2, -0.15) is 0 Å². The van der Waals surface area contributed by atoms with Gasteiger partial charge in [-0.1, -0.05) is 0 Å². The second kappa shape index (κ2) is 4.01. The van der Waals surface area contributed by atoms with E-state index < -0.39 is 0 Å². The van der Waals surface area contributed by atoms with E-state index in [0.717, 1.165) is 16.5 Å². The van der Waals surface area contributed by atoms with Crippen molar-refractivity contribution in [1.29, 1.82) is 0 Å². The van der Waals surface area contributed by atoms with Crippen LogP contribution in [0.2, 0.25) is 0 Å². The van der Waals surface area contributed by atoms with Crippen LogP contribution in [0.5, 0.6) is 0 Å². The maximum Gasteiger partial charge on any atom is 0.138 e. The normalized spacial score (nSPS) is 11.4. The Morgan fingerprint density at radius 1 is 1.12 bits per heavy atom. The van der Waals surface area contributed by atoms with Crippen LogP contribution in [0, 0.1) is 20.8 Å². The molecule has 0 radical (unpaired) electrons. The van der Waals surface area contributed by atoms with Gasteiger partial charge < -0.3 is 5.32 Å². The zero-order valence-electron chi connectivity index (χ0n) is 10.4. The zero-order chi connectivity index (χ0) is 11.9. The minimum Gasteiger partial charge on any atom is -0.367 e. The van der Waals surface area contributed by atoms with Crippen molar-refractivity contribution in [3.05, 3.63) is 16.3 Å². The molecule has 0 spiro atoms. The van der Waals surface area contributed by atoms with Gasteiger partial charge in [0.1, 0.15) is 16.5 Å². The predicted octanol–water partition coefficient (Wildman–Crippen LogP) is 3.44.